The Balaban J connectivity index is 2.16. The largest absolute Gasteiger partial charge is 0.344 e. The van der Waals surface area contributed by atoms with Crippen LogP contribution in [-0.4, -0.2) is 23.0 Å². The van der Waals surface area contributed by atoms with Crippen LogP contribution in [0.4, 0.5) is 0 Å². The van der Waals surface area contributed by atoms with Crippen LogP contribution in [0.25, 0.3) is 0 Å². The molecule has 0 unspecified atom stereocenters. The summed E-state index contributed by atoms with van der Waals surface area (Å²) in [6, 6.07) is 0. The van der Waals surface area contributed by atoms with E-state index >= 15 is 0 Å². The van der Waals surface area contributed by atoms with Gasteiger partial charge in [0.2, 0.25) is 0 Å². The molecular weight excluding hydrogens is 274 g/mol. The number of fused-ring (bicyclic) bond motifs is 2. The van der Waals surface area contributed by atoms with Crippen molar-refractivity contribution in [1.29, 1.82) is 0 Å². The van der Waals surface area contributed by atoms with E-state index in [1.807, 2.05) is 13.8 Å². The van der Waals surface area contributed by atoms with Gasteiger partial charge < -0.3 is 15.2 Å². The maximum Gasteiger partial charge on any atom is 0.164 e. The van der Waals surface area contributed by atoms with E-state index in [0.717, 1.165) is 12.8 Å². The summed E-state index contributed by atoms with van der Waals surface area (Å²) in [7, 11) is 0. The third kappa shape index (κ3) is 1.74. The van der Waals surface area contributed by atoms with Crippen LogP contribution in [0.1, 0.15) is 74.7 Å². The maximum absolute atomic E-state index is 7.18. The molecule has 0 radical (unpaired) electrons. The predicted octanol–water partition coefficient (Wildman–Crippen LogP) is 4.10. The van der Waals surface area contributed by atoms with Crippen LogP contribution in [0.5, 0.6) is 0 Å². The Morgan fingerprint density at radius 2 is 1.59 bits per heavy atom. The monoisotopic (exact) mass is 309 g/mol. The molecule has 6 atom stereocenters. The fourth-order valence-corrected chi connectivity index (χ4v) is 6.11. The van der Waals surface area contributed by atoms with Gasteiger partial charge >= 0.3 is 0 Å². The van der Waals surface area contributed by atoms with Crippen molar-refractivity contribution in [2.24, 2.45) is 28.4 Å². The quantitative estimate of drug-likeness (QED) is 0.733. The molecule has 2 aliphatic carbocycles. The number of ether oxygens (including phenoxy) is 2. The number of hydrogen-bond donors (Lipinski definition) is 1. The third-order valence-corrected chi connectivity index (χ3v) is 8.31. The Kier molecular flexibility index (Phi) is 3.26. The van der Waals surface area contributed by atoms with E-state index in [1.54, 1.807) is 0 Å². The van der Waals surface area contributed by atoms with E-state index in [1.165, 1.54) is 6.42 Å². The fraction of sp³-hybridized carbons (Fsp3) is 1.00. The second kappa shape index (κ2) is 4.29. The standard InChI is InChI=1S/C19H35NO2/c1-12-9-10-19(20)15(3,4)13(2)18(8)14(11-17(12,19)7)21-16(5,6)22-18/h12-14H,9-11,20H2,1-8H3/t12-,13+,14-,17+,18-,19+/m0/s1. The van der Waals surface area contributed by atoms with Gasteiger partial charge in [0.1, 0.15) is 0 Å². The van der Waals surface area contributed by atoms with Gasteiger partial charge in [-0.1, -0.05) is 34.6 Å². The van der Waals surface area contributed by atoms with Gasteiger partial charge in [-0.3, -0.25) is 0 Å². The summed E-state index contributed by atoms with van der Waals surface area (Å²) in [6.45, 7) is 18.1. The first-order chi connectivity index (χ1) is 9.80. The SMILES string of the molecule is C[C@@H]1C(C)(C)[C@]2(N)CC[C@H](C)[C@@]2(C)C[C@@H]2OC(C)(C)O[C@]21C. The fourth-order valence-electron chi connectivity index (χ4n) is 6.11. The number of rotatable bonds is 0. The first-order valence-corrected chi connectivity index (χ1v) is 8.97. The van der Waals surface area contributed by atoms with Crippen LogP contribution in [0, 0.1) is 22.7 Å². The van der Waals surface area contributed by atoms with E-state index in [2.05, 4.69) is 41.5 Å². The Hall–Kier alpha value is -0.120. The summed E-state index contributed by atoms with van der Waals surface area (Å²) in [5.41, 5.74) is 6.83. The van der Waals surface area contributed by atoms with Crippen LogP contribution in [0.3, 0.4) is 0 Å². The minimum Gasteiger partial charge on any atom is -0.344 e. The molecule has 2 saturated carbocycles. The molecule has 0 aromatic rings. The maximum atomic E-state index is 7.18. The molecule has 1 saturated heterocycles. The van der Waals surface area contributed by atoms with Crippen LogP contribution in [-0.2, 0) is 9.47 Å². The molecule has 128 valence electrons. The summed E-state index contributed by atoms with van der Waals surface area (Å²) in [4.78, 5) is 0. The molecule has 3 heteroatoms. The van der Waals surface area contributed by atoms with Crippen LogP contribution in [0.15, 0.2) is 0 Å². The van der Waals surface area contributed by atoms with Crippen LogP contribution in [0.2, 0.25) is 0 Å². The van der Waals surface area contributed by atoms with Crippen molar-refractivity contribution in [2.45, 2.75) is 97.7 Å². The molecule has 0 spiro atoms. The average Bonchev–Trinajstić information content (AvgIpc) is 2.74. The van der Waals surface area contributed by atoms with Crippen LogP contribution >= 0.6 is 0 Å². The molecule has 1 aliphatic heterocycles. The molecule has 3 fully saturated rings. The van der Waals surface area contributed by atoms with E-state index < -0.39 is 5.79 Å². The minimum atomic E-state index is -0.503. The Bertz CT molecular complexity index is 488. The minimum absolute atomic E-state index is 0.000208. The topological polar surface area (TPSA) is 44.5 Å². The van der Waals surface area contributed by atoms with Crippen molar-refractivity contribution in [3.63, 3.8) is 0 Å². The Labute approximate surface area is 136 Å². The lowest BCUT2D eigenvalue weighted by molar-refractivity contribution is -0.186. The van der Waals surface area contributed by atoms with Gasteiger partial charge in [-0.05, 0) is 62.7 Å². The Morgan fingerprint density at radius 1 is 1.00 bits per heavy atom. The molecule has 0 amide bonds. The van der Waals surface area contributed by atoms with Crippen molar-refractivity contribution in [3.05, 3.63) is 0 Å². The highest BCUT2D eigenvalue weighted by molar-refractivity contribution is 5.22. The van der Waals surface area contributed by atoms with Gasteiger partial charge in [0, 0.05) is 5.54 Å². The van der Waals surface area contributed by atoms with Crippen molar-refractivity contribution >= 4 is 0 Å². The van der Waals surface area contributed by atoms with Gasteiger partial charge in [0.15, 0.2) is 5.79 Å². The van der Waals surface area contributed by atoms with Crippen LogP contribution < -0.4 is 5.73 Å². The zero-order valence-corrected chi connectivity index (χ0v) is 15.7. The van der Waals surface area contributed by atoms with Gasteiger partial charge in [-0.25, -0.2) is 0 Å². The van der Waals surface area contributed by atoms with Crippen molar-refractivity contribution < 1.29 is 9.47 Å². The molecule has 2 N–H and O–H groups in total. The molecule has 3 aliphatic rings. The normalized spacial score (nSPS) is 56.3. The predicted molar refractivity (Wildman–Crippen MR) is 89.4 cm³/mol. The zero-order valence-electron chi connectivity index (χ0n) is 15.7. The van der Waals surface area contributed by atoms with E-state index in [4.69, 9.17) is 15.2 Å². The molecule has 0 bridgehead atoms. The molecule has 3 nitrogen and oxygen atoms in total. The van der Waals surface area contributed by atoms with E-state index in [9.17, 15) is 0 Å². The highest BCUT2D eigenvalue weighted by Gasteiger charge is 2.70. The summed E-state index contributed by atoms with van der Waals surface area (Å²) in [6.07, 6.45) is 3.44. The molecule has 0 aromatic carbocycles. The highest BCUT2D eigenvalue weighted by atomic mass is 16.8. The summed E-state index contributed by atoms with van der Waals surface area (Å²) in [5, 5.41) is 0. The summed E-state index contributed by atoms with van der Waals surface area (Å²) >= 11 is 0. The van der Waals surface area contributed by atoms with Crippen molar-refractivity contribution in [2.75, 3.05) is 0 Å². The third-order valence-electron chi connectivity index (χ3n) is 8.31. The molecule has 0 aromatic heterocycles. The van der Waals surface area contributed by atoms with E-state index in [0.29, 0.717) is 11.8 Å². The summed E-state index contributed by atoms with van der Waals surface area (Å²) < 4.78 is 12.9. The number of nitrogens with two attached hydrogens (primary N) is 1. The molecule has 22 heavy (non-hydrogen) atoms. The second-order valence-electron chi connectivity index (χ2n) is 9.77. The lowest BCUT2D eigenvalue weighted by atomic mass is 9.54. The van der Waals surface area contributed by atoms with Gasteiger partial charge in [-0.15, -0.1) is 0 Å². The van der Waals surface area contributed by atoms with Crippen molar-refractivity contribution in [3.8, 4) is 0 Å². The van der Waals surface area contributed by atoms with Crippen molar-refractivity contribution in [1.82, 2.24) is 0 Å². The Morgan fingerprint density at radius 3 is 2.18 bits per heavy atom. The average molecular weight is 309 g/mol. The lowest BCUT2D eigenvalue weighted by Crippen LogP contribution is -2.63. The highest BCUT2D eigenvalue weighted by Crippen LogP contribution is 2.66. The molecule has 3 rings (SSSR count). The lowest BCUT2D eigenvalue weighted by Gasteiger charge is -2.54. The second-order valence-corrected chi connectivity index (χ2v) is 9.77. The zero-order chi connectivity index (χ0) is 16.8. The number of hydrogen-bond acceptors (Lipinski definition) is 3. The first-order valence-electron chi connectivity index (χ1n) is 8.97. The van der Waals surface area contributed by atoms with Gasteiger partial charge in [0.05, 0.1) is 11.7 Å². The van der Waals surface area contributed by atoms with Gasteiger partial charge in [0.25, 0.3) is 0 Å². The summed E-state index contributed by atoms with van der Waals surface area (Å²) in [5.74, 6) is 0.457. The van der Waals surface area contributed by atoms with E-state index in [-0.39, 0.29) is 28.1 Å². The molecule has 1 heterocycles. The van der Waals surface area contributed by atoms with Gasteiger partial charge in [-0.2, -0.15) is 0 Å². The first kappa shape index (κ1) is 16.7. The smallest absolute Gasteiger partial charge is 0.164 e. The molecular formula is C19H35NO2.